The monoisotopic (exact) mass is 353 g/mol. The van der Waals surface area contributed by atoms with Gasteiger partial charge >= 0.3 is 12.2 Å². The molecule has 0 aliphatic carbocycles. The van der Waals surface area contributed by atoms with Crippen LogP contribution in [0, 0.1) is 0 Å². The summed E-state index contributed by atoms with van der Waals surface area (Å²) in [6.07, 6.45) is 2.50. The molecule has 1 rings (SSSR count). The van der Waals surface area contributed by atoms with E-state index in [2.05, 4.69) is 12.2 Å². The van der Waals surface area contributed by atoms with E-state index in [1.165, 1.54) is 0 Å². The topological polar surface area (TPSA) is 94.1 Å². The van der Waals surface area contributed by atoms with Crippen molar-refractivity contribution < 1.29 is 28.9 Å². The fraction of sp³-hybridized carbons (Fsp3) is 0.556. The van der Waals surface area contributed by atoms with Crippen molar-refractivity contribution in [3.8, 4) is 0 Å². The van der Waals surface area contributed by atoms with Crippen LogP contribution in [0.1, 0.15) is 38.2 Å². The number of unbranched alkanes of at least 4 members (excludes halogenated alkanes) is 3. The van der Waals surface area contributed by atoms with Crippen LogP contribution in [-0.4, -0.2) is 43.2 Å². The summed E-state index contributed by atoms with van der Waals surface area (Å²) in [5.41, 5.74) is 0.836. The quantitative estimate of drug-likeness (QED) is 0.469. The highest BCUT2D eigenvalue weighted by atomic mass is 16.7. The summed E-state index contributed by atoms with van der Waals surface area (Å²) in [6, 6.07) is 8.44. The Labute approximate surface area is 148 Å². The summed E-state index contributed by atoms with van der Waals surface area (Å²) in [6.45, 7) is 1.94. The van der Waals surface area contributed by atoms with Gasteiger partial charge in [0.1, 0.15) is 13.2 Å². The second-order valence-corrected chi connectivity index (χ2v) is 5.56. The molecular formula is C18H27NO6. The van der Waals surface area contributed by atoms with Crippen LogP contribution in [0.3, 0.4) is 0 Å². The Morgan fingerprint density at radius 1 is 1.08 bits per heavy atom. The van der Waals surface area contributed by atoms with E-state index in [1.54, 1.807) is 0 Å². The van der Waals surface area contributed by atoms with E-state index in [1.807, 2.05) is 30.3 Å². The first kappa shape index (κ1) is 20.8. The predicted octanol–water partition coefficient (Wildman–Crippen LogP) is 3.01. The summed E-state index contributed by atoms with van der Waals surface area (Å²) in [5, 5.41) is 11.7. The third-order valence-corrected chi connectivity index (χ3v) is 3.38. The molecule has 0 aliphatic heterocycles. The lowest BCUT2D eigenvalue weighted by molar-refractivity contribution is 0.0368. The molecule has 1 aromatic rings. The highest BCUT2D eigenvalue weighted by molar-refractivity contribution is 5.67. The average molecular weight is 353 g/mol. The molecule has 0 radical (unpaired) electrons. The van der Waals surface area contributed by atoms with Gasteiger partial charge in [-0.25, -0.2) is 9.59 Å². The first-order valence-electron chi connectivity index (χ1n) is 8.53. The minimum Gasteiger partial charge on any atom is -0.450 e. The van der Waals surface area contributed by atoms with Crippen LogP contribution in [0.25, 0.3) is 0 Å². The summed E-state index contributed by atoms with van der Waals surface area (Å²) in [4.78, 5) is 23.1. The Bertz CT molecular complexity index is 494. The van der Waals surface area contributed by atoms with Gasteiger partial charge in [0.2, 0.25) is 0 Å². The van der Waals surface area contributed by atoms with Crippen molar-refractivity contribution in [3.05, 3.63) is 35.9 Å². The van der Waals surface area contributed by atoms with E-state index in [0.29, 0.717) is 6.61 Å². The molecule has 0 saturated heterocycles. The fourth-order valence-corrected chi connectivity index (χ4v) is 1.97. The Morgan fingerprint density at radius 3 is 2.52 bits per heavy atom. The van der Waals surface area contributed by atoms with Gasteiger partial charge in [0.25, 0.3) is 0 Å². The molecule has 1 aromatic carbocycles. The number of amides is 1. The Kier molecular flexibility index (Phi) is 10.8. The first-order valence-corrected chi connectivity index (χ1v) is 8.53. The van der Waals surface area contributed by atoms with Crippen molar-refractivity contribution in [1.29, 1.82) is 0 Å². The summed E-state index contributed by atoms with van der Waals surface area (Å²) < 4.78 is 14.8. The van der Waals surface area contributed by atoms with Crippen molar-refractivity contribution in [3.63, 3.8) is 0 Å². The SMILES string of the molecule is CCCCCCOC(=O)NC(CO)COC(=O)OCc1ccccc1. The summed E-state index contributed by atoms with van der Waals surface area (Å²) in [5.74, 6) is 0. The number of carbonyl (C=O) groups is 2. The smallest absolute Gasteiger partial charge is 0.450 e. The molecule has 7 heteroatoms. The molecule has 2 N–H and O–H groups in total. The molecule has 0 bridgehead atoms. The number of carbonyl (C=O) groups excluding carboxylic acids is 2. The lowest BCUT2D eigenvalue weighted by Gasteiger charge is -2.16. The Morgan fingerprint density at radius 2 is 1.84 bits per heavy atom. The highest BCUT2D eigenvalue weighted by Crippen LogP contribution is 2.02. The summed E-state index contributed by atoms with van der Waals surface area (Å²) >= 11 is 0. The zero-order chi connectivity index (χ0) is 18.3. The molecule has 0 aromatic heterocycles. The molecule has 25 heavy (non-hydrogen) atoms. The van der Waals surface area contributed by atoms with Crippen molar-refractivity contribution in [2.45, 2.75) is 45.3 Å². The van der Waals surface area contributed by atoms with Crippen molar-refractivity contribution >= 4 is 12.2 Å². The van der Waals surface area contributed by atoms with Gasteiger partial charge < -0.3 is 24.6 Å². The Hall–Kier alpha value is -2.28. The molecule has 0 spiro atoms. The van der Waals surface area contributed by atoms with Gasteiger partial charge in [-0.3, -0.25) is 0 Å². The maximum atomic E-state index is 11.6. The van der Waals surface area contributed by atoms with Gasteiger partial charge in [0, 0.05) is 0 Å². The third-order valence-electron chi connectivity index (χ3n) is 3.38. The molecule has 140 valence electrons. The predicted molar refractivity (Wildman–Crippen MR) is 92.1 cm³/mol. The number of aliphatic hydroxyl groups is 1. The molecule has 1 unspecified atom stereocenters. The van der Waals surface area contributed by atoms with Gasteiger partial charge in [-0.2, -0.15) is 0 Å². The molecule has 0 aliphatic rings. The van der Waals surface area contributed by atoms with Crippen LogP contribution in [-0.2, 0) is 20.8 Å². The second kappa shape index (κ2) is 13.1. The molecular weight excluding hydrogens is 326 g/mol. The normalized spacial score (nSPS) is 11.4. The van der Waals surface area contributed by atoms with Crippen molar-refractivity contribution in [1.82, 2.24) is 5.32 Å². The third kappa shape index (κ3) is 10.2. The van der Waals surface area contributed by atoms with Gasteiger partial charge in [0.05, 0.1) is 19.3 Å². The lowest BCUT2D eigenvalue weighted by Crippen LogP contribution is -2.41. The zero-order valence-corrected chi connectivity index (χ0v) is 14.6. The largest absolute Gasteiger partial charge is 0.508 e. The maximum Gasteiger partial charge on any atom is 0.508 e. The minimum absolute atomic E-state index is 0.0939. The van der Waals surface area contributed by atoms with Crippen LogP contribution in [0.4, 0.5) is 9.59 Å². The molecule has 0 saturated carbocycles. The number of aliphatic hydroxyl groups excluding tert-OH is 1. The maximum absolute atomic E-state index is 11.6. The number of alkyl carbamates (subject to hydrolysis) is 1. The van der Waals surface area contributed by atoms with Crippen LogP contribution in [0.15, 0.2) is 30.3 Å². The van der Waals surface area contributed by atoms with Gasteiger partial charge in [-0.1, -0.05) is 56.5 Å². The van der Waals surface area contributed by atoms with E-state index < -0.39 is 18.3 Å². The van der Waals surface area contributed by atoms with Gasteiger partial charge in [-0.05, 0) is 12.0 Å². The fourth-order valence-electron chi connectivity index (χ4n) is 1.97. The Balaban J connectivity index is 2.17. The van der Waals surface area contributed by atoms with Crippen LogP contribution >= 0.6 is 0 Å². The van der Waals surface area contributed by atoms with E-state index in [0.717, 1.165) is 31.2 Å². The minimum atomic E-state index is -0.864. The zero-order valence-electron chi connectivity index (χ0n) is 14.6. The summed E-state index contributed by atoms with van der Waals surface area (Å²) in [7, 11) is 0. The standard InChI is InChI=1S/C18H27NO6/c1-2-3-4-8-11-23-17(21)19-16(12-20)14-25-18(22)24-13-15-9-6-5-7-10-15/h5-7,9-10,16,20H,2-4,8,11-14H2,1H3,(H,19,21). The number of benzene rings is 1. The van der Waals surface area contributed by atoms with Crippen molar-refractivity contribution in [2.75, 3.05) is 19.8 Å². The van der Waals surface area contributed by atoms with Crippen LogP contribution in [0.2, 0.25) is 0 Å². The van der Waals surface area contributed by atoms with E-state index in [-0.39, 0.29) is 19.8 Å². The van der Waals surface area contributed by atoms with Gasteiger partial charge in [0.15, 0.2) is 0 Å². The first-order chi connectivity index (χ1) is 12.2. The molecule has 0 fully saturated rings. The number of rotatable bonds is 11. The highest BCUT2D eigenvalue weighted by Gasteiger charge is 2.15. The van der Waals surface area contributed by atoms with Gasteiger partial charge in [-0.15, -0.1) is 0 Å². The molecule has 1 atom stereocenters. The molecule has 7 nitrogen and oxygen atoms in total. The van der Waals surface area contributed by atoms with E-state index in [4.69, 9.17) is 14.2 Å². The number of hydrogen-bond donors (Lipinski definition) is 2. The van der Waals surface area contributed by atoms with Crippen LogP contribution < -0.4 is 5.32 Å². The lowest BCUT2D eigenvalue weighted by atomic mass is 10.2. The average Bonchev–Trinajstić information content (AvgIpc) is 2.64. The number of hydrogen-bond acceptors (Lipinski definition) is 6. The van der Waals surface area contributed by atoms with E-state index >= 15 is 0 Å². The second-order valence-electron chi connectivity index (χ2n) is 5.56. The number of ether oxygens (including phenoxy) is 3. The molecule has 1 amide bonds. The van der Waals surface area contributed by atoms with E-state index in [9.17, 15) is 14.7 Å². The molecule has 0 heterocycles. The van der Waals surface area contributed by atoms with Crippen molar-refractivity contribution in [2.24, 2.45) is 0 Å². The van der Waals surface area contributed by atoms with Crippen LogP contribution in [0.5, 0.6) is 0 Å². The number of nitrogens with one attached hydrogen (secondary N) is 1.